The monoisotopic (exact) mass is 399 g/mol. The topological polar surface area (TPSA) is 46.6 Å². The average Bonchev–Trinajstić information content (AvgIpc) is 2.42. The highest BCUT2D eigenvalue weighted by atomic mass is 79.9. The Bertz CT molecular complexity index is 659. The van der Waals surface area contributed by atoms with Crippen LogP contribution >= 0.6 is 15.9 Å². The summed E-state index contributed by atoms with van der Waals surface area (Å²) in [4.78, 5) is 1.98. The number of alkyl halides is 3. The Morgan fingerprint density at radius 1 is 1.23 bits per heavy atom. The van der Waals surface area contributed by atoms with E-state index in [9.17, 15) is 21.6 Å². The summed E-state index contributed by atoms with van der Waals surface area (Å²) >= 11 is 3.11. The minimum absolute atomic E-state index is 0.0860. The van der Waals surface area contributed by atoms with Crippen LogP contribution in [0.4, 0.5) is 13.2 Å². The molecule has 4 nitrogen and oxygen atoms in total. The van der Waals surface area contributed by atoms with Gasteiger partial charge in [-0.05, 0) is 5.56 Å². The Morgan fingerprint density at radius 3 is 2.41 bits per heavy atom. The van der Waals surface area contributed by atoms with Crippen LogP contribution in [0, 0.1) is 0 Å². The van der Waals surface area contributed by atoms with Gasteiger partial charge in [0.15, 0.2) is 0 Å². The summed E-state index contributed by atoms with van der Waals surface area (Å²) in [7, 11) is -5.61. The number of hydrogen-bond acceptors (Lipinski definition) is 4. The molecule has 0 aromatic heterocycles. The van der Waals surface area contributed by atoms with Gasteiger partial charge < -0.3 is 4.18 Å². The lowest BCUT2D eigenvalue weighted by Gasteiger charge is -2.28. The standard InChI is InChI=1S/C13H13BrF3NO3S/c14-11-9-18(8-10-4-2-1-3-5-10)7-6-12(11)21-22(19,20)13(15,16)17/h1-5H,6-9H2. The molecule has 0 atom stereocenters. The fourth-order valence-electron chi connectivity index (χ4n) is 2.00. The lowest BCUT2D eigenvalue weighted by atomic mass is 10.1. The van der Waals surface area contributed by atoms with Crippen LogP contribution in [0.15, 0.2) is 40.6 Å². The van der Waals surface area contributed by atoms with Crippen molar-refractivity contribution in [3.63, 3.8) is 0 Å². The smallest absolute Gasteiger partial charge is 0.380 e. The van der Waals surface area contributed by atoms with Crippen LogP contribution in [-0.4, -0.2) is 31.9 Å². The van der Waals surface area contributed by atoms with E-state index in [0.29, 0.717) is 17.6 Å². The Labute approximate surface area is 134 Å². The number of halogens is 4. The number of benzene rings is 1. The van der Waals surface area contributed by atoms with Gasteiger partial charge in [0.2, 0.25) is 0 Å². The zero-order chi connectivity index (χ0) is 16.4. The first kappa shape index (κ1) is 17.3. The van der Waals surface area contributed by atoms with Gasteiger partial charge in [-0.1, -0.05) is 46.3 Å². The Morgan fingerprint density at radius 2 is 1.86 bits per heavy atom. The van der Waals surface area contributed by atoms with Crippen LogP contribution in [0.25, 0.3) is 0 Å². The highest BCUT2D eigenvalue weighted by molar-refractivity contribution is 9.11. The van der Waals surface area contributed by atoms with Crippen molar-refractivity contribution < 1.29 is 25.8 Å². The second kappa shape index (κ2) is 6.59. The summed E-state index contributed by atoms with van der Waals surface area (Å²) in [6, 6.07) is 9.57. The van der Waals surface area contributed by atoms with Crippen molar-refractivity contribution in [1.82, 2.24) is 4.90 Å². The molecule has 22 heavy (non-hydrogen) atoms. The molecule has 0 bridgehead atoms. The third-order valence-corrected chi connectivity index (χ3v) is 4.74. The normalized spacial score (nSPS) is 17.6. The maximum atomic E-state index is 12.3. The summed E-state index contributed by atoms with van der Waals surface area (Å²) in [5, 5.41) is 0. The maximum Gasteiger partial charge on any atom is 0.534 e. The van der Waals surface area contributed by atoms with Gasteiger partial charge in [0.05, 0.1) is 0 Å². The van der Waals surface area contributed by atoms with Gasteiger partial charge in [0.1, 0.15) is 5.76 Å². The van der Waals surface area contributed by atoms with E-state index in [1.54, 1.807) is 0 Å². The molecule has 0 aliphatic carbocycles. The maximum absolute atomic E-state index is 12.3. The summed E-state index contributed by atoms with van der Waals surface area (Å²) in [5.74, 6) is -0.193. The number of nitrogens with zero attached hydrogens (tertiary/aromatic N) is 1. The van der Waals surface area contributed by atoms with Crippen molar-refractivity contribution in [3.8, 4) is 0 Å². The molecule has 1 aromatic rings. The Hall–Kier alpha value is -1.06. The third kappa shape index (κ3) is 4.23. The first-order valence-corrected chi connectivity index (χ1v) is 8.54. The number of rotatable bonds is 4. The summed E-state index contributed by atoms with van der Waals surface area (Å²) in [6.07, 6.45) is 0.0860. The molecule has 1 aromatic carbocycles. The molecule has 0 radical (unpaired) electrons. The van der Waals surface area contributed by atoms with Crippen LogP contribution in [0.5, 0.6) is 0 Å². The van der Waals surface area contributed by atoms with Gasteiger partial charge in [-0.15, -0.1) is 0 Å². The van der Waals surface area contributed by atoms with Gasteiger partial charge in [0, 0.05) is 30.5 Å². The van der Waals surface area contributed by atoms with Gasteiger partial charge in [0.25, 0.3) is 0 Å². The second-order valence-corrected chi connectivity index (χ2v) is 7.25. The molecule has 0 N–H and O–H groups in total. The predicted octanol–water partition coefficient (Wildman–Crippen LogP) is 3.37. The second-order valence-electron chi connectivity index (χ2n) is 4.76. The molecule has 1 aliphatic heterocycles. The van der Waals surface area contributed by atoms with E-state index in [4.69, 9.17) is 0 Å². The van der Waals surface area contributed by atoms with Gasteiger partial charge in [-0.2, -0.15) is 21.6 Å². The fourth-order valence-corrected chi connectivity index (χ4v) is 3.29. The molecular formula is C13H13BrF3NO3S. The molecule has 0 saturated carbocycles. The Kier molecular flexibility index (Phi) is 5.18. The first-order valence-electron chi connectivity index (χ1n) is 6.33. The molecule has 0 spiro atoms. The molecule has 0 fully saturated rings. The van der Waals surface area contributed by atoms with Crippen LogP contribution in [0.1, 0.15) is 12.0 Å². The first-order chi connectivity index (χ1) is 10.2. The van der Waals surface area contributed by atoms with Crippen LogP contribution in [0.2, 0.25) is 0 Å². The van der Waals surface area contributed by atoms with E-state index in [0.717, 1.165) is 5.56 Å². The zero-order valence-electron chi connectivity index (χ0n) is 11.3. The predicted molar refractivity (Wildman–Crippen MR) is 78.3 cm³/mol. The molecule has 1 heterocycles. The molecule has 122 valence electrons. The van der Waals surface area contributed by atoms with E-state index in [1.165, 1.54) is 0 Å². The van der Waals surface area contributed by atoms with Crippen molar-refractivity contribution in [2.24, 2.45) is 0 Å². The van der Waals surface area contributed by atoms with Gasteiger partial charge >= 0.3 is 15.6 Å². The van der Waals surface area contributed by atoms with E-state index in [-0.39, 0.29) is 18.7 Å². The van der Waals surface area contributed by atoms with Gasteiger partial charge in [-0.25, -0.2) is 0 Å². The van der Waals surface area contributed by atoms with Gasteiger partial charge in [-0.3, -0.25) is 4.90 Å². The minimum Gasteiger partial charge on any atom is -0.380 e. The van der Waals surface area contributed by atoms with Crippen molar-refractivity contribution >= 4 is 26.0 Å². The number of hydrogen-bond donors (Lipinski definition) is 0. The molecule has 0 saturated heterocycles. The van der Waals surface area contributed by atoms with Crippen LogP contribution < -0.4 is 0 Å². The zero-order valence-corrected chi connectivity index (χ0v) is 13.7. The summed E-state index contributed by atoms with van der Waals surface area (Å²) < 4.78 is 63.5. The fraction of sp³-hybridized carbons (Fsp3) is 0.385. The lowest BCUT2D eigenvalue weighted by molar-refractivity contribution is -0.0525. The summed E-state index contributed by atoms with van der Waals surface area (Å²) in [6.45, 7) is 1.32. The van der Waals surface area contributed by atoms with Crippen LogP contribution in [0.3, 0.4) is 0 Å². The van der Waals surface area contributed by atoms with Crippen molar-refractivity contribution in [3.05, 3.63) is 46.1 Å². The van der Waals surface area contributed by atoms with Crippen molar-refractivity contribution in [2.75, 3.05) is 13.1 Å². The van der Waals surface area contributed by atoms with E-state index < -0.39 is 15.6 Å². The van der Waals surface area contributed by atoms with E-state index >= 15 is 0 Å². The largest absolute Gasteiger partial charge is 0.534 e. The van der Waals surface area contributed by atoms with E-state index in [1.807, 2.05) is 35.2 Å². The van der Waals surface area contributed by atoms with Crippen molar-refractivity contribution in [2.45, 2.75) is 18.5 Å². The molecule has 0 unspecified atom stereocenters. The molecular weight excluding hydrogens is 387 g/mol. The summed E-state index contributed by atoms with van der Waals surface area (Å²) in [5.41, 5.74) is -4.36. The third-order valence-electron chi connectivity index (χ3n) is 3.06. The Balaban J connectivity index is 2.04. The minimum atomic E-state index is -5.61. The van der Waals surface area contributed by atoms with Crippen LogP contribution in [-0.2, 0) is 20.8 Å². The van der Waals surface area contributed by atoms with Crippen molar-refractivity contribution in [1.29, 1.82) is 0 Å². The SMILES string of the molecule is O=S(=O)(OC1=C(Br)CN(Cc2ccccc2)CC1)C(F)(F)F. The van der Waals surface area contributed by atoms with E-state index in [2.05, 4.69) is 20.1 Å². The highest BCUT2D eigenvalue weighted by Crippen LogP contribution is 2.31. The average molecular weight is 400 g/mol. The molecule has 0 amide bonds. The molecule has 9 heteroatoms. The molecule has 1 aliphatic rings. The lowest BCUT2D eigenvalue weighted by Crippen LogP contribution is -2.32. The highest BCUT2D eigenvalue weighted by Gasteiger charge is 2.49. The molecule has 2 rings (SSSR count). The quantitative estimate of drug-likeness (QED) is 0.575.